The van der Waals surface area contributed by atoms with Crippen molar-refractivity contribution in [2.45, 2.75) is 33.7 Å². The number of aliphatic hydroxyl groups is 1. The van der Waals surface area contributed by atoms with Crippen LogP contribution in [0.1, 0.15) is 38.3 Å². The van der Waals surface area contributed by atoms with Crippen molar-refractivity contribution in [1.29, 1.82) is 0 Å². The lowest BCUT2D eigenvalue weighted by atomic mass is 10.1. The number of aliphatic hydroxyl groups excluding tert-OH is 1. The van der Waals surface area contributed by atoms with Gasteiger partial charge >= 0.3 is 0 Å². The van der Waals surface area contributed by atoms with Crippen LogP contribution in [-0.4, -0.2) is 36.8 Å². The highest BCUT2D eigenvalue weighted by atomic mass is 16.5. The molecule has 116 valence electrons. The second kappa shape index (κ2) is 9.44. The van der Waals surface area contributed by atoms with Crippen LogP contribution in [0, 0.1) is 17.8 Å². The van der Waals surface area contributed by atoms with Crippen LogP contribution < -0.4 is 4.74 Å². The molecular formula is C18H27NO2. The molecule has 0 aliphatic carbocycles. The highest BCUT2D eigenvalue weighted by Gasteiger charge is 2.10. The van der Waals surface area contributed by atoms with E-state index in [0.29, 0.717) is 12.3 Å². The molecule has 0 unspecified atom stereocenters. The second-order valence-corrected chi connectivity index (χ2v) is 5.52. The van der Waals surface area contributed by atoms with Crippen molar-refractivity contribution in [3.05, 3.63) is 29.3 Å². The fourth-order valence-electron chi connectivity index (χ4n) is 2.23. The second-order valence-electron chi connectivity index (χ2n) is 5.52. The van der Waals surface area contributed by atoms with E-state index in [4.69, 9.17) is 9.84 Å². The number of rotatable bonds is 7. The lowest BCUT2D eigenvalue weighted by molar-refractivity contribution is 0.248. The molecule has 0 aliphatic heterocycles. The number of hydrogen-bond donors (Lipinski definition) is 1. The van der Waals surface area contributed by atoms with Crippen LogP contribution in [-0.2, 0) is 6.54 Å². The van der Waals surface area contributed by atoms with Gasteiger partial charge in [-0.15, -0.1) is 0 Å². The van der Waals surface area contributed by atoms with Gasteiger partial charge in [0.25, 0.3) is 0 Å². The van der Waals surface area contributed by atoms with Gasteiger partial charge in [0.05, 0.1) is 13.7 Å². The Balaban J connectivity index is 2.97. The van der Waals surface area contributed by atoms with E-state index in [1.807, 2.05) is 12.1 Å². The highest BCUT2D eigenvalue weighted by Crippen LogP contribution is 2.19. The van der Waals surface area contributed by atoms with Crippen LogP contribution in [0.5, 0.6) is 5.75 Å². The van der Waals surface area contributed by atoms with Crippen molar-refractivity contribution in [1.82, 2.24) is 4.90 Å². The van der Waals surface area contributed by atoms with Gasteiger partial charge in [-0.1, -0.05) is 32.6 Å². The maximum atomic E-state index is 8.85. The molecule has 0 atom stereocenters. The summed E-state index contributed by atoms with van der Waals surface area (Å²) in [4.78, 5) is 2.41. The molecule has 0 aliphatic rings. The Bertz CT molecular complexity index is 486. The first-order valence-corrected chi connectivity index (χ1v) is 7.59. The van der Waals surface area contributed by atoms with Gasteiger partial charge < -0.3 is 9.84 Å². The van der Waals surface area contributed by atoms with Gasteiger partial charge in [0.1, 0.15) is 5.75 Å². The molecule has 0 radical (unpaired) electrons. The molecule has 21 heavy (non-hydrogen) atoms. The molecule has 1 N–H and O–H groups in total. The SMILES string of the molecule is CCN(Cc1cc(OC)ccc1C#CCCO)CC(C)C. The minimum Gasteiger partial charge on any atom is -0.497 e. The summed E-state index contributed by atoms with van der Waals surface area (Å²) >= 11 is 0. The Labute approximate surface area is 128 Å². The monoisotopic (exact) mass is 289 g/mol. The lowest BCUT2D eigenvalue weighted by Gasteiger charge is -2.23. The van der Waals surface area contributed by atoms with Gasteiger partial charge in [-0.25, -0.2) is 0 Å². The molecule has 0 aromatic heterocycles. The summed E-state index contributed by atoms with van der Waals surface area (Å²) in [6.45, 7) is 9.70. The average molecular weight is 289 g/mol. The number of methoxy groups -OCH3 is 1. The molecule has 1 aromatic carbocycles. The van der Waals surface area contributed by atoms with Crippen LogP contribution in [0.3, 0.4) is 0 Å². The largest absolute Gasteiger partial charge is 0.497 e. The third kappa shape index (κ3) is 6.20. The highest BCUT2D eigenvalue weighted by molar-refractivity contribution is 5.45. The standard InChI is InChI=1S/C18H27NO2/c1-5-19(13-15(2)3)14-17-12-18(21-4)10-9-16(17)8-6-7-11-20/h9-10,12,15,20H,5,7,11,13-14H2,1-4H3. The van der Waals surface area contributed by atoms with Crippen LogP contribution >= 0.6 is 0 Å². The van der Waals surface area contributed by atoms with E-state index in [2.05, 4.69) is 43.6 Å². The molecule has 0 heterocycles. The van der Waals surface area contributed by atoms with E-state index >= 15 is 0 Å². The number of hydrogen-bond acceptors (Lipinski definition) is 3. The molecular weight excluding hydrogens is 262 g/mol. The molecule has 1 aromatic rings. The van der Waals surface area contributed by atoms with E-state index in [0.717, 1.165) is 30.9 Å². The summed E-state index contributed by atoms with van der Waals surface area (Å²) in [5.74, 6) is 7.66. The zero-order chi connectivity index (χ0) is 15.7. The number of benzene rings is 1. The number of ether oxygens (including phenoxy) is 1. The summed E-state index contributed by atoms with van der Waals surface area (Å²) in [6.07, 6.45) is 0.509. The average Bonchev–Trinajstić information content (AvgIpc) is 2.47. The molecule has 0 bridgehead atoms. The minimum atomic E-state index is 0.104. The van der Waals surface area contributed by atoms with Crippen molar-refractivity contribution in [2.24, 2.45) is 5.92 Å². The molecule has 0 saturated heterocycles. The predicted octanol–water partition coefficient (Wildman–Crippen LogP) is 2.91. The Morgan fingerprint density at radius 2 is 2.10 bits per heavy atom. The van der Waals surface area contributed by atoms with Gasteiger partial charge in [-0.05, 0) is 36.2 Å². The Kier molecular flexibility index (Phi) is 7.89. The van der Waals surface area contributed by atoms with Gasteiger partial charge in [0.15, 0.2) is 0 Å². The first-order valence-electron chi connectivity index (χ1n) is 7.59. The smallest absolute Gasteiger partial charge is 0.119 e. The summed E-state index contributed by atoms with van der Waals surface area (Å²) in [6, 6.07) is 6.00. The first kappa shape index (κ1) is 17.6. The molecule has 3 nitrogen and oxygen atoms in total. The fourth-order valence-corrected chi connectivity index (χ4v) is 2.23. The summed E-state index contributed by atoms with van der Waals surface area (Å²) in [5.41, 5.74) is 2.20. The lowest BCUT2D eigenvalue weighted by Crippen LogP contribution is -2.27. The first-order chi connectivity index (χ1) is 10.1. The van der Waals surface area contributed by atoms with E-state index in [-0.39, 0.29) is 6.61 Å². The Morgan fingerprint density at radius 3 is 2.67 bits per heavy atom. The summed E-state index contributed by atoms with van der Waals surface area (Å²) in [5, 5.41) is 8.85. The van der Waals surface area contributed by atoms with Gasteiger partial charge in [0.2, 0.25) is 0 Å². The van der Waals surface area contributed by atoms with E-state index in [1.165, 1.54) is 5.56 Å². The van der Waals surface area contributed by atoms with Crippen molar-refractivity contribution in [2.75, 3.05) is 26.8 Å². The van der Waals surface area contributed by atoms with Crippen LogP contribution in [0.2, 0.25) is 0 Å². The quantitative estimate of drug-likeness (QED) is 0.783. The van der Waals surface area contributed by atoms with Gasteiger partial charge in [-0.3, -0.25) is 4.90 Å². The van der Waals surface area contributed by atoms with Crippen LogP contribution in [0.25, 0.3) is 0 Å². The molecule has 0 saturated carbocycles. The third-order valence-electron chi connectivity index (χ3n) is 3.24. The molecule has 0 fully saturated rings. The van der Waals surface area contributed by atoms with Gasteiger partial charge in [0, 0.05) is 25.1 Å². The Hall–Kier alpha value is -1.50. The fraction of sp³-hybridized carbons (Fsp3) is 0.556. The number of nitrogens with zero attached hydrogens (tertiary/aromatic N) is 1. The maximum Gasteiger partial charge on any atom is 0.119 e. The van der Waals surface area contributed by atoms with Crippen molar-refractivity contribution in [3.8, 4) is 17.6 Å². The molecule has 0 spiro atoms. The van der Waals surface area contributed by atoms with E-state index in [1.54, 1.807) is 7.11 Å². The van der Waals surface area contributed by atoms with Gasteiger partial charge in [-0.2, -0.15) is 0 Å². The Morgan fingerprint density at radius 1 is 1.33 bits per heavy atom. The van der Waals surface area contributed by atoms with Crippen molar-refractivity contribution >= 4 is 0 Å². The third-order valence-corrected chi connectivity index (χ3v) is 3.24. The molecule has 3 heteroatoms. The van der Waals surface area contributed by atoms with E-state index < -0.39 is 0 Å². The summed E-state index contributed by atoms with van der Waals surface area (Å²) in [7, 11) is 1.68. The zero-order valence-corrected chi connectivity index (χ0v) is 13.6. The van der Waals surface area contributed by atoms with E-state index in [9.17, 15) is 0 Å². The van der Waals surface area contributed by atoms with Crippen LogP contribution in [0.4, 0.5) is 0 Å². The topological polar surface area (TPSA) is 32.7 Å². The minimum absolute atomic E-state index is 0.104. The zero-order valence-electron chi connectivity index (χ0n) is 13.6. The predicted molar refractivity (Wildman–Crippen MR) is 87.4 cm³/mol. The van der Waals surface area contributed by atoms with Crippen molar-refractivity contribution < 1.29 is 9.84 Å². The summed E-state index contributed by atoms with van der Waals surface area (Å²) < 4.78 is 5.33. The van der Waals surface area contributed by atoms with Crippen molar-refractivity contribution in [3.63, 3.8) is 0 Å². The van der Waals surface area contributed by atoms with Crippen LogP contribution in [0.15, 0.2) is 18.2 Å². The maximum absolute atomic E-state index is 8.85. The molecule has 1 rings (SSSR count). The normalized spacial score (nSPS) is 10.6. The molecule has 0 amide bonds.